The number of ether oxygens (including phenoxy) is 1. The second kappa shape index (κ2) is 6.42. The molecular formula is C12H15F3N2O2. The smallest absolute Gasteiger partial charge is 0.398 e. The van der Waals surface area contributed by atoms with E-state index < -0.39 is 12.8 Å². The number of carbonyl (C=O) groups excluding carboxylic acids is 1. The summed E-state index contributed by atoms with van der Waals surface area (Å²) in [4.78, 5) is 11.2. The van der Waals surface area contributed by atoms with Gasteiger partial charge in [-0.3, -0.25) is 4.79 Å². The van der Waals surface area contributed by atoms with Crippen molar-refractivity contribution in [1.82, 2.24) is 0 Å². The Bertz CT molecular complexity index is 447. The minimum atomic E-state index is -4.32. The van der Waals surface area contributed by atoms with Crippen LogP contribution in [0.3, 0.4) is 0 Å². The molecule has 0 aliphatic rings. The van der Waals surface area contributed by atoms with E-state index in [0.29, 0.717) is 16.9 Å². The van der Waals surface area contributed by atoms with Crippen LogP contribution in [-0.2, 0) is 4.74 Å². The van der Waals surface area contributed by atoms with E-state index >= 15 is 0 Å². The molecule has 0 bridgehead atoms. The Kier molecular flexibility index (Phi) is 5.17. The minimum absolute atomic E-state index is 0.0840. The van der Waals surface area contributed by atoms with Crippen LogP contribution in [0.15, 0.2) is 18.2 Å². The van der Waals surface area contributed by atoms with Crippen molar-refractivity contribution in [1.29, 1.82) is 0 Å². The van der Waals surface area contributed by atoms with Gasteiger partial charge in [-0.25, -0.2) is 0 Å². The van der Waals surface area contributed by atoms with Crippen molar-refractivity contribution >= 4 is 17.2 Å². The van der Waals surface area contributed by atoms with E-state index in [4.69, 9.17) is 5.73 Å². The largest absolute Gasteiger partial charge is 0.411 e. The summed E-state index contributed by atoms with van der Waals surface area (Å²) in [5, 5.41) is 2.85. The summed E-state index contributed by atoms with van der Waals surface area (Å²) < 4.78 is 39.8. The summed E-state index contributed by atoms with van der Waals surface area (Å²) in [6.45, 7) is 0.244. The Labute approximate surface area is 108 Å². The van der Waals surface area contributed by atoms with Crippen LogP contribution in [0.5, 0.6) is 0 Å². The number of nitrogen functional groups attached to an aromatic ring is 1. The van der Waals surface area contributed by atoms with Gasteiger partial charge in [0.05, 0.1) is 6.61 Å². The van der Waals surface area contributed by atoms with E-state index in [2.05, 4.69) is 10.1 Å². The van der Waals surface area contributed by atoms with E-state index in [0.717, 1.165) is 0 Å². The van der Waals surface area contributed by atoms with Crippen molar-refractivity contribution in [2.24, 2.45) is 0 Å². The number of hydrogen-bond acceptors (Lipinski definition) is 4. The molecule has 19 heavy (non-hydrogen) atoms. The van der Waals surface area contributed by atoms with Gasteiger partial charge in [0.2, 0.25) is 0 Å². The molecule has 0 aliphatic heterocycles. The summed E-state index contributed by atoms with van der Waals surface area (Å²) >= 11 is 0. The topological polar surface area (TPSA) is 64.3 Å². The lowest BCUT2D eigenvalue weighted by Gasteiger charge is -2.10. The molecule has 0 amide bonds. The van der Waals surface area contributed by atoms with Gasteiger partial charge in [0.25, 0.3) is 0 Å². The Morgan fingerprint density at radius 2 is 2.11 bits per heavy atom. The molecule has 1 rings (SSSR count). The lowest BCUT2D eigenvalue weighted by molar-refractivity contribution is -0.172. The third-order valence-corrected chi connectivity index (χ3v) is 2.27. The summed E-state index contributed by atoms with van der Waals surface area (Å²) in [6, 6.07) is 4.77. The van der Waals surface area contributed by atoms with Crippen LogP contribution in [0.25, 0.3) is 0 Å². The van der Waals surface area contributed by atoms with Gasteiger partial charge in [-0.1, -0.05) is 0 Å². The van der Waals surface area contributed by atoms with Gasteiger partial charge in [-0.2, -0.15) is 13.2 Å². The highest BCUT2D eigenvalue weighted by atomic mass is 19.4. The average molecular weight is 276 g/mol. The summed E-state index contributed by atoms with van der Waals surface area (Å²) in [6.07, 6.45) is -4.32. The Morgan fingerprint density at radius 1 is 1.42 bits per heavy atom. The number of benzene rings is 1. The fourth-order valence-electron chi connectivity index (χ4n) is 1.43. The normalized spacial score (nSPS) is 11.4. The number of ketones is 1. The first-order chi connectivity index (χ1) is 8.79. The van der Waals surface area contributed by atoms with Gasteiger partial charge in [0.1, 0.15) is 6.61 Å². The maximum absolute atomic E-state index is 11.8. The molecule has 0 unspecified atom stereocenters. The predicted octanol–water partition coefficient (Wildman–Crippen LogP) is 2.46. The number of anilines is 2. The zero-order chi connectivity index (χ0) is 14.5. The second-order valence-corrected chi connectivity index (χ2v) is 3.95. The van der Waals surface area contributed by atoms with Gasteiger partial charge in [-0.05, 0) is 25.1 Å². The first kappa shape index (κ1) is 15.3. The third kappa shape index (κ3) is 5.60. The number of rotatable bonds is 6. The van der Waals surface area contributed by atoms with E-state index in [9.17, 15) is 18.0 Å². The van der Waals surface area contributed by atoms with Crippen LogP contribution in [0.1, 0.15) is 17.3 Å². The Balaban J connectivity index is 2.42. The number of nitrogens with one attached hydrogen (secondary N) is 1. The number of nitrogens with two attached hydrogens (primary N) is 1. The van der Waals surface area contributed by atoms with Gasteiger partial charge in [0, 0.05) is 23.5 Å². The predicted molar refractivity (Wildman–Crippen MR) is 66.2 cm³/mol. The maximum atomic E-state index is 11.8. The van der Waals surface area contributed by atoms with Crippen molar-refractivity contribution in [3.05, 3.63) is 23.8 Å². The Hall–Kier alpha value is -1.76. The number of hydrogen-bond donors (Lipinski definition) is 2. The molecule has 106 valence electrons. The van der Waals surface area contributed by atoms with Crippen molar-refractivity contribution in [3.63, 3.8) is 0 Å². The van der Waals surface area contributed by atoms with Crippen molar-refractivity contribution in [2.45, 2.75) is 13.1 Å². The fraction of sp³-hybridized carbons (Fsp3) is 0.417. The molecule has 3 N–H and O–H groups in total. The highest BCUT2D eigenvalue weighted by Crippen LogP contribution is 2.18. The maximum Gasteiger partial charge on any atom is 0.411 e. The van der Waals surface area contributed by atoms with Crippen molar-refractivity contribution < 1.29 is 22.7 Å². The summed E-state index contributed by atoms with van der Waals surface area (Å²) in [7, 11) is 0. The van der Waals surface area contributed by atoms with E-state index in [1.807, 2.05) is 0 Å². The van der Waals surface area contributed by atoms with Crippen LogP contribution in [-0.4, -0.2) is 31.7 Å². The molecule has 0 saturated carbocycles. The van der Waals surface area contributed by atoms with Crippen LogP contribution in [0.2, 0.25) is 0 Å². The lowest BCUT2D eigenvalue weighted by atomic mass is 10.1. The number of Topliss-reactive ketones (excluding diaryl/α,β-unsaturated/α-hetero) is 1. The van der Waals surface area contributed by atoms with Crippen LogP contribution >= 0.6 is 0 Å². The monoisotopic (exact) mass is 276 g/mol. The van der Waals surface area contributed by atoms with Crippen LogP contribution in [0.4, 0.5) is 24.5 Å². The van der Waals surface area contributed by atoms with Gasteiger partial charge in [-0.15, -0.1) is 0 Å². The van der Waals surface area contributed by atoms with E-state index in [1.54, 1.807) is 18.2 Å². The van der Waals surface area contributed by atoms with E-state index in [1.165, 1.54) is 6.92 Å². The molecular weight excluding hydrogens is 261 g/mol. The SMILES string of the molecule is CC(=O)c1cc(NCCOCC(F)(F)F)ccc1N. The van der Waals surface area contributed by atoms with Crippen LogP contribution < -0.4 is 11.1 Å². The van der Waals surface area contributed by atoms with Crippen molar-refractivity contribution in [3.8, 4) is 0 Å². The third-order valence-electron chi connectivity index (χ3n) is 2.27. The van der Waals surface area contributed by atoms with Crippen molar-refractivity contribution in [2.75, 3.05) is 30.8 Å². The number of alkyl halides is 3. The first-order valence-electron chi connectivity index (χ1n) is 5.58. The molecule has 0 radical (unpaired) electrons. The first-order valence-corrected chi connectivity index (χ1v) is 5.58. The molecule has 7 heteroatoms. The molecule has 0 heterocycles. The van der Waals surface area contributed by atoms with Gasteiger partial charge >= 0.3 is 6.18 Å². The highest BCUT2D eigenvalue weighted by Gasteiger charge is 2.27. The quantitative estimate of drug-likeness (QED) is 0.476. The standard InChI is InChI=1S/C12H15F3N2O2/c1-8(18)10-6-9(2-3-11(10)16)17-4-5-19-7-12(13,14)15/h2-3,6,17H,4-5,7,16H2,1H3. The summed E-state index contributed by atoms with van der Waals surface area (Å²) in [5.41, 5.74) is 6.97. The Morgan fingerprint density at radius 3 is 2.68 bits per heavy atom. The highest BCUT2D eigenvalue weighted by molar-refractivity contribution is 5.99. The van der Waals surface area contributed by atoms with Gasteiger partial charge < -0.3 is 15.8 Å². The zero-order valence-electron chi connectivity index (χ0n) is 10.4. The molecule has 0 aliphatic carbocycles. The van der Waals surface area contributed by atoms with Gasteiger partial charge in [0.15, 0.2) is 5.78 Å². The molecule has 4 nitrogen and oxygen atoms in total. The minimum Gasteiger partial charge on any atom is -0.398 e. The molecule has 0 fully saturated rings. The van der Waals surface area contributed by atoms with E-state index in [-0.39, 0.29) is 18.9 Å². The zero-order valence-corrected chi connectivity index (χ0v) is 10.4. The summed E-state index contributed by atoms with van der Waals surface area (Å²) in [5.74, 6) is -0.172. The molecule has 0 atom stereocenters. The average Bonchev–Trinajstić information content (AvgIpc) is 2.29. The molecule has 1 aromatic carbocycles. The van der Waals surface area contributed by atoms with Crippen LogP contribution in [0, 0.1) is 0 Å². The second-order valence-electron chi connectivity index (χ2n) is 3.95. The number of carbonyl (C=O) groups is 1. The number of halogens is 3. The molecule has 0 aromatic heterocycles. The molecule has 0 saturated heterocycles. The molecule has 0 spiro atoms. The molecule has 1 aromatic rings. The fourth-order valence-corrected chi connectivity index (χ4v) is 1.43. The lowest BCUT2D eigenvalue weighted by Crippen LogP contribution is -2.20.